The molecular formula is C14H19N3O2. The molecule has 1 aromatic heterocycles. The third-order valence-electron chi connectivity index (χ3n) is 2.89. The topological polar surface area (TPSA) is 74.2 Å². The van der Waals surface area contributed by atoms with Crippen LogP contribution in [0.4, 0.5) is 0 Å². The first kappa shape index (κ1) is 13.5. The molecule has 1 heterocycles. The van der Waals surface area contributed by atoms with E-state index in [1.165, 1.54) is 0 Å². The van der Waals surface area contributed by atoms with Crippen LogP contribution < -0.4 is 10.5 Å². The van der Waals surface area contributed by atoms with E-state index >= 15 is 0 Å². The minimum Gasteiger partial charge on any atom is -0.493 e. The van der Waals surface area contributed by atoms with Crippen LogP contribution in [0.1, 0.15) is 32.1 Å². The van der Waals surface area contributed by atoms with Gasteiger partial charge in [-0.1, -0.05) is 24.2 Å². The van der Waals surface area contributed by atoms with Gasteiger partial charge in [0.05, 0.1) is 12.2 Å². The van der Waals surface area contributed by atoms with E-state index in [0.29, 0.717) is 24.9 Å². The van der Waals surface area contributed by atoms with Crippen molar-refractivity contribution in [3.63, 3.8) is 0 Å². The molecular weight excluding hydrogens is 242 g/mol. The van der Waals surface area contributed by atoms with Crippen LogP contribution in [0.2, 0.25) is 0 Å². The van der Waals surface area contributed by atoms with Gasteiger partial charge in [-0.2, -0.15) is 4.98 Å². The Morgan fingerprint density at radius 2 is 2.16 bits per heavy atom. The molecule has 0 spiro atoms. The fourth-order valence-electron chi connectivity index (χ4n) is 1.85. The molecule has 2 rings (SSSR count). The normalized spacial score (nSPS) is 12.4. The van der Waals surface area contributed by atoms with Gasteiger partial charge < -0.3 is 15.0 Å². The van der Waals surface area contributed by atoms with E-state index in [9.17, 15) is 0 Å². The number of nitrogens with two attached hydrogens (primary N) is 1. The van der Waals surface area contributed by atoms with Gasteiger partial charge >= 0.3 is 0 Å². The maximum absolute atomic E-state index is 5.57. The zero-order valence-corrected chi connectivity index (χ0v) is 11.3. The van der Waals surface area contributed by atoms with Crippen LogP contribution in [0, 0.1) is 0 Å². The second kappa shape index (κ2) is 6.33. The quantitative estimate of drug-likeness (QED) is 0.865. The highest BCUT2D eigenvalue weighted by Crippen LogP contribution is 2.29. The molecule has 0 saturated heterocycles. The van der Waals surface area contributed by atoms with Crippen molar-refractivity contribution in [1.29, 1.82) is 0 Å². The summed E-state index contributed by atoms with van der Waals surface area (Å²) in [5.74, 6) is 2.11. The summed E-state index contributed by atoms with van der Waals surface area (Å²) in [6.07, 6.45) is 0.828. The van der Waals surface area contributed by atoms with E-state index in [4.69, 9.17) is 15.0 Å². The molecule has 1 unspecified atom stereocenters. The summed E-state index contributed by atoms with van der Waals surface area (Å²) >= 11 is 0. The van der Waals surface area contributed by atoms with Crippen LogP contribution in [0.15, 0.2) is 28.8 Å². The average molecular weight is 261 g/mol. The fraction of sp³-hybridized carbons (Fsp3) is 0.429. The van der Waals surface area contributed by atoms with Crippen molar-refractivity contribution in [2.75, 3.05) is 13.2 Å². The largest absolute Gasteiger partial charge is 0.493 e. The Bertz CT molecular complexity index is 525. The molecule has 0 amide bonds. The molecule has 0 bridgehead atoms. The maximum atomic E-state index is 5.57. The third-order valence-corrected chi connectivity index (χ3v) is 2.89. The Hall–Kier alpha value is -1.88. The zero-order valence-electron chi connectivity index (χ0n) is 11.3. The minimum absolute atomic E-state index is 0.172. The number of ether oxygens (including phenoxy) is 1. The van der Waals surface area contributed by atoms with E-state index in [1.54, 1.807) is 0 Å². The first-order valence-corrected chi connectivity index (χ1v) is 6.52. The number of rotatable bonds is 6. The summed E-state index contributed by atoms with van der Waals surface area (Å²) in [5.41, 5.74) is 6.39. The van der Waals surface area contributed by atoms with Crippen LogP contribution in [-0.2, 0) is 0 Å². The lowest BCUT2D eigenvalue weighted by Gasteiger charge is -2.06. The van der Waals surface area contributed by atoms with Crippen LogP contribution in [0.25, 0.3) is 11.4 Å². The summed E-state index contributed by atoms with van der Waals surface area (Å²) in [5, 5.41) is 4.03. The van der Waals surface area contributed by atoms with E-state index in [2.05, 4.69) is 10.1 Å². The van der Waals surface area contributed by atoms with Crippen LogP contribution in [-0.4, -0.2) is 23.3 Å². The molecule has 0 radical (unpaired) electrons. The van der Waals surface area contributed by atoms with E-state index in [-0.39, 0.29) is 5.92 Å². The Balaban J connectivity index is 2.27. The van der Waals surface area contributed by atoms with Gasteiger partial charge in [-0.05, 0) is 32.0 Å². The van der Waals surface area contributed by atoms with Crippen molar-refractivity contribution in [3.05, 3.63) is 30.2 Å². The van der Waals surface area contributed by atoms with Gasteiger partial charge in [0.2, 0.25) is 11.7 Å². The lowest BCUT2D eigenvalue weighted by atomic mass is 10.1. The van der Waals surface area contributed by atoms with Crippen molar-refractivity contribution >= 4 is 0 Å². The van der Waals surface area contributed by atoms with Gasteiger partial charge in [0, 0.05) is 5.92 Å². The second-order valence-corrected chi connectivity index (χ2v) is 4.36. The molecule has 5 nitrogen and oxygen atoms in total. The highest BCUT2D eigenvalue weighted by molar-refractivity contribution is 5.63. The molecule has 102 valence electrons. The lowest BCUT2D eigenvalue weighted by Crippen LogP contribution is -2.04. The molecule has 0 aliphatic rings. The monoisotopic (exact) mass is 261 g/mol. The Kier molecular flexibility index (Phi) is 4.52. The summed E-state index contributed by atoms with van der Waals surface area (Å²) in [6, 6.07) is 7.68. The Labute approximate surface area is 112 Å². The molecule has 5 heteroatoms. The zero-order chi connectivity index (χ0) is 13.7. The third kappa shape index (κ3) is 3.12. The lowest BCUT2D eigenvalue weighted by molar-refractivity contribution is 0.340. The van der Waals surface area contributed by atoms with Crippen LogP contribution >= 0.6 is 0 Å². The van der Waals surface area contributed by atoms with E-state index in [0.717, 1.165) is 17.7 Å². The SMILES string of the molecule is CCOc1ccccc1-c1noc(C(C)CCN)n1. The predicted molar refractivity (Wildman–Crippen MR) is 73.0 cm³/mol. The van der Waals surface area contributed by atoms with Gasteiger partial charge in [-0.25, -0.2) is 0 Å². The number of para-hydroxylation sites is 1. The Morgan fingerprint density at radius 1 is 1.37 bits per heavy atom. The molecule has 1 atom stereocenters. The molecule has 0 aliphatic heterocycles. The van der Waals surface area contributed by atoms with Crippen LogP contribution in [0.5, 0.6) is 5.75 Å². The molecule has 2 N–H and O–H groups in total. The summed E-state index contributed by atoms with van der Waals surface area (Å²) in [6.45, 7) is 5.18. The van der Waals surface area contributed by atoms with E-state index < -0.39 is 0 Å². The molecule has 19 heavy (non-hydrogen) atoms. The predicted octanol–water partition coefficient (Wildman–Crippen LogP) is 2.59. The van der Waals surface area contributed by atoms with E-state index in [1.807, 2.05) is 38.1 Å². The number of hydrogen-bond acceptors (Lipinski definition) is 5. The summed E-state index contributed by atoms with van der Waals surface area (Å²) in [4.78, 5) is 4.43. The minimum atomic E-state index is 0.172. The van der Waals surface area contributed by atoms with Gasteiger partial charge in [0.25, 0.3) is 0 Å². The number of nitrogens with zero attached hydrogens (tertiary/aromatic N) is 2. The van der Waals surface area contributed by atoms with Crippen molar-refractivity contribution in [2.45, 2.75) is 26.2 Å². The highest BCUT2D eigenvalue weighted by Gasteiger charge is 2.16. The highest BCUT2D eigenvalue weighted by atomic mass is 16.5. The van der Waals surface area contributed by atoms with Crippen molar-refractivity contribution in [3.8, 4) is 17.1 Å². The smallest absolute Gasteiger partial charge is 0.229 e. The molecule has 1 aromatic carbocycles. The van der Waals surface area contributed by atoms with Crippen LogP contribution in [0.3, 0.4) is 0 Å². The molecule has 0 aliphatic carbocycles. The summed E-state index contributed by atoms with van der Waals surface area (Å²) < 4.78 is 10.9. The van der Waals surface area contributed by atoms with Gasteiger partial charge in [-0.3, -0.25) is 0 Å². The fourth-order valence-corrected chi connectivity index (χ4v) is 1.85. The van der Waals surface area contributed by atoms with Gasteiger partial charge in [-0.15, -0.1) is 0 Å². The summed E-state index contributed by atoms with van der Waals surface area (Å²) in [7, 11) is 0. The molecule has 0 saturated carbocycles. The molecule has 0 fully saturated rings. The first-order chi connectivity index (χ1) is 9.26. The molecule has 2 aromatic rings. The average Bonchev–Trinajstić information content (AvgIpc) is 2.90. The number of aromatic nitrogens is 2. The first-order valence-electron chi connectivity index (χ1n) is 6.52. The number of benzene rings is 1. The van der Waals surface area contributed by atoms with Crippen molar-refractivity contribution in [2.24, 2.45) is 5.73 Å². The Morgan fingerprint density at radius 3 is 2.89 bits per heavy atom. The van der Waals surface area contributed by atoms with Gasteiger partial charge in [0.15, 0.2) is 0 Å². The standard InChI is InChI=1S/C14H19N3O2/c1-3-18-12-7-5-4-6-11(12)13-16-14(19-17-13)10(2)8-9-15/h4-7,10H,3,8-9,15H2,1-2H3. The second-order valence-electron chi connectivity index (χ2n) is 4.36. The van der Waals surface area contributed by atoms with Crippen molar-refractivity contribution < 1.29 is 9.26 Å². The number of hydrogen-bond donors (Lipinski definition) is 1. The van der Waals surface area contributed by atoms with Crippen molar-refractivity contribution in [1.82, 2.24) is 10.1 Å². The maximum Gasteiger partial charge on any atom is 0.229 e. The van der Waals surface area contributed by atoms with Gasteiger partial charge in [0.1, 0.15) is 5.75 Å².